The number of hydrogen-bond donors (Lipinski definition) is 4. The van der Waals surface area contributed by atoms with E-state index in [1.807, 2.05) is 0 Å². The van der Waals surface area contributed by atoms with Gasteiger partial charge in [-0.05, 0) is 17.7 Å². The predicted octanol–water partition coefficient (Wildman–Crippen LogP) is -0.0254. The Labute approximate surface area is 140 Å². The molecule has 1 aromatic rings. The van der Waals surface area contributed by atoms with Crippen molar-refractivity contribution < 1.29 is 13.9 Å². The highest BCUT2D eigenvalue weighted by atomic mass is 19.1. The number of morpholine rings is 1. The van der Waals surface area contributed by atoms with E-state index < -0.39 is 0 Å². The van der Waals surface area contributed by atoms with E-state index in [2.05, 4.69) is 26.4 Å². The Balaban J connectivity index is 1.60. The van der Waals surface area contributed by atoms with Crippen LogP contribution < -0.4 is 21.5 Å². The molecule has 2 fully saturated rings. The average molecular weight is 337 g/mol. The number of benzene rings is 1. The number of carbonyl (C=O) groups is 1. The second kappa shape index (κ2) is 8.39. The highest BCUT2D eigenvalue weighted by molar-refractivity contribution is 5.74. The van der Waals surface area contributed by atoms with Gasteiger partial charge in [0, 0.05) is 32.7 Å². The summed E-state index contributed by atoms with van der Waals surface area (Å²) < 4.78 is 18.6. The van der Waals surface area contributed by atoms with Gasteiger partial charge in [-0.15, -0.1) is 0 Å². The van der Waals surface area contributed by atoms with Crippen LogP contribution in [-0.4, -0.2) is 62.9 Å². The van der Waals surface area contributed by atoms with Crippen LogP contribution in [0.4, 0.5) is 9.18 Å². The van der Waals surface area contributed by atoms with E-state index in [1.165, 1.54) is 12.1 Å². The van der Waals surface area contributed by atoms with Gasteiger partial charge in [-0.2, -0.15) is 0 Å². The monoisotopic (exact) mass is 337 g/mol. The van der Waals surface area contributed by atoms with E-state index >= 15 is 0 Å². The van der Waals surface area contributed by atoms with Crippen molar-refractivity contribution >= 4 is 6.03 Å². The van der Waals surface area contributed by atoms with E-state index in [-0.39, 0.29) is 23.9 Å². The number of carbonyl (C=O) groups excluding carboxylic acids is 1. The summed E-state index contributed by atoms with van der Waals surface area (Å²) >= 11 is 0. The Morgan fingerprint density at radius 1 is 1.25 bits per heavy atom. The minimum Gasteiger partial charge on any atom is -0.379 e. The van der Waals surface area contributed by atoms with Crippen LogP contribution in [0, 0.1) is 5.82 Å². The van der Waals surface area contributed by atoms with Gasteiger partial charge >= 0.3 is 6.03 Å². The van der Waals surface area contributed by atoms with Gasteiger partial charge in [0.2, 0.25) is 0 Å². The molecule has 2 aliphatic heterocycles. The topological polar surface area (TPSA) is 77.7 Å². The van der Waals surface area contributed by atoms with E-state index in [0.29, 0.717) is 32.8 Å². The van der Waals surface area contributed by atoms with Crippen molar-refractivity contribution in [3.63, 3.8) is 0 Å². The zero-order valence-electron chi connectivity index (χ0n) is 13.6. The normalized spacial score (nSPS) is 20.7. The van der Waals surface area contributed by atoms with Crippen LogP contribution in [0.25, 0.3) is 0 Å². The molecule has 7 nitrogen and oxygen atoms in total. The zero-order valence-corrected chi connectivity index (χ0v) is 13.6. The first-order valence-corrected chi connectivity index (χ1v) is 8.30. The molecule has 0 saturated carbocycles. The van der Waals surface area contributed by atoms with Crippen LogP contribution in [0.15, 0.2) is 24.3 Å². The van der Waals surface area contributed by atoms with E-state index in [1.54, 1.807) is 12.1 Å². The number of rotatable bonds is 5. The van der Waals surface area contributed by atoms with Gasteiger partial charge in [-0.1, -0.05) is 12.1 Å². The highest BCUT2D eigenvalue weighted by Gasteiger charge is 2.24. The fraction of sp³-hybridized carbons (Fsp3) is 0.562. The van der Waals surface area contributed by atoms with Gasteiger partial charge in [-0.25, -0.2) is 9.18 Å². The molecular weight excluding hydrogens is 313 g/mol. The Bertz CT molecular complexity index is 530. The molecule has 3 rings (SSSR count). The summed E-state index contributed by atoms with van der Waals surface area (Å²) in [7, 11) is 0. The smallest absolute Gasteiger partial charge is 0.315 e. The second-order valence-electron chi connectivity index (χ2n) is 6.03. The molecule has 1 unspecified atom stereocenters. The SMILES string of the molecule is O=C(NCC(c1ccc(F)cc1)N1CCOCC1)NC1CNNC1. The van der Waals surface area contributed by atoms with Gasteiger partial charge in [0.15, 0.2) is 0 Å². The maximum Gasteiger partial charge on any atom is 0.315 e. The molecule has 132 valence electrons. The zero-order chi connectivity index (χ0) is 16.8. The molecule has 0 aliphatic carbocycles. The third-order valence-electron chi connectivity index (χ3n) is 4.35. The van der Waals surface area contributed by atoms with Crippen LogP contribution in [0.3, 0.4) is 0 Å². The maximum atomic E-state index is 13.2. The standard InChI is InChI=1S/C16H24FN5O2/c17-13-3-1-12(2-4-13)15(22-5-7-24-8-6-22)11-18-16(23)21-14-9-19-20-10-14/h1-4,14-15,19-20H,5-11H2,(H2,18,21,23). The van der Waals surface area contributed by atoms with Gasteiger partial charge < -0.3 is 15.4 Å². The van der Waals surface area contributed by atoms with Crippen LogP contribution in [0.5, 0.6) is 0 Å². The Morgan fingerprint density at radius 2 is 1.92 bits per heavy atom. The third-order valence-corrected chi connectivity index (χ3v) is 4.35. The van der Waals surface area contributed by atoms with E-state index in [9.17, 15) is 9.18 Å². The lowest BCUT2D eigenvalue weighted by atomic mass is 10.0. The summed E-state index contributed by atoms with van der Waals surface area (Å²) in [6.07, 6.45) is 0. The van der Waals surface area contributed by atoms with Crippen molar-refractivity contribution in [3.8, 4) is 0 Å². The lowest BCUT2D eigenvalue weighted by Gasteiger charge is -2.35. The minimum atomic E-state index is -0.258. The van der Waals surface area contributed by atoms with Crippen LogP contribution in [0.2, 0.25) is 0 Å². The van der Waals surface area contributed by atoms with Crippen molar-refractivity contribution in [2.75, 3.05) is 45.9 Å². The lowest BCUT2D eigenvalue weighted by Crippen LogP contribution is -2.48. The molecule has 2 saturated heterocycles. The van der Waals surface area contributed by atoms with Crippen molar-refractivity contribution in [2.24, 2.45) is 0 Å². The largest absolute Gasteiger partial charge is 0.379 e. The van der Waals surface area contributed by atoms with Crippen molar-refractivity contribution in [1.29, 1.82) is 0 Å². The van der Waals surface area contributed by atoms with Crippen LogP contribution in [-0.2, 0) is 4.74 Å². The minimum absolute atomic E-state index is 0.0000723. The fourth-order valence-electron chi connectivity index (χ4n) is 3.02. The number of amides is 2. The Hall–Kier alpha value is -1.74. The summed E-state index contributed by atoms with van der Waals surface area (Å²) in [6.45, 7) is 4.80. The second-order valence-corrected chi connectivity index (χ2v) is 6.03. The number of urea groups is 1. The molecule has 2 amide bonds. The first-order valence-electron chi connectivity index (χ1n) is 8.30. The van der Waals surface area contributed by atoms with Crippen molar-refractivity contribution in [3.05, 3.63) is 35.6 Å². The number of ether oxygens (including phenoxy) is 1. The fourth-order valence-corrected chi connectivity index (χ4v) is 3.02. The molecule has 8 heteroatoms. The summed E-state index contributed by atoms with van der Waals surface area (Å²) in [4.78, 5) is 14.4. The van der Waals surface area contributed by atoms with Gasteiger partial charge in [0.05, 0.1) is 25.3 Å². The lowest BCUT2D eigenvalue weighted by molar-refractivity contribution is 0.0167. The van der Waals surface area contributed by atoms with E-state index in [4.69, 9.17) is 4.74 Å². The molecule has 0 radical (unpaired) electrons. The van der Waals surface area contributed by atoms with Crippen LogP contribution in [0.1, 0.15) is 11.6 Å². The summed E-state index contributed by atoms with van der Waals surface area (Å²) in [5.74, 6) is -0.258. The van der Waals surface area contributed by atoms with Crippen molar-refractivity contribution in [2.45, 2.75) is 12.1 Å². The maximum absolute atomic E-state index is 13.2. The summed E-state index contributed by atoms with van der Waals surface area (Å²) in [5, 5.41) is 5.86. The third kappa shape index (κ3) is 4.64. The number of hydrogen-bond acceptors (Lipinski definition) is 5. The quantitative estimate of drug-likeness (QED) is 0.607. The molecule has 0 bridgehead atoms. The molecular formula is C16H24FN5O2. The van der Waals surface area contributed by atoms with Gasteiger partial charge in [-0.3, -0.25) is 15.8 Å². The molecule has 0 aromatic heterocycles. The number of nitrogens with zero attached hydrogens (tertiary/aromatic N) is 1. The van der Waals surface area contributed by atoms with E-state index in [0.717, 1.165) is 18.7 Å². The number of nitrogens with one attached hydrogen (secondary N) is 4. The Kier molecular flexibility index (Phi) is 5.97. The first kappa shape index (κ1) is 17.1. The molecule has 1 atom stereocenters. The molecule has 1 aromatic carbocycles. The number of halogens is 1. The molecule has 2 aliphatic rings. The molecule has 24 heavy (non-hydrogen) atoms. The molecule has 0 spiro atoms. The number of hydrazine groups is 1. The van der Waals surface area contributed by atoms with Gasteiger partial charge in [0.1, 0.15) is 5.82 Å². The van der Waals surface area contributed by atoms with Crippen LogP contribution >= 0.6 is 0 Å². The predicted molar refractivity (Wildman–Crippen MR) is 87.9 cm³/mol. The molecule has 2 heterocycles. The Morgan fingerprint density at radius 3 is 2.58 bits per heavy atom. The molecule has 4 N–H and O–H groups in total. The van der Waals surface area contributed by atoms with Crippen molar-refractivity contribution in [1.82, 2.24) is 26.4 Å². The summed E-state index contributed by atoms with van der Waals surface area (Å²) in [6, 6.07) is 6.36. The average Bonchev–Trinajstić information content (AvgIpc) is 3.10. The highest BCUT2D eigenvalue weighted by Crippen LogP contribution is 2.21. The summed E-state index contributed by atoms with van der Waals surface area (Å²) in [5.41, 5.74) is 6.94. The first-order chi connectivity index (χ1) is 11.7. The van der Waals surface area contributed by atoms with Gasteiger partial charge in [0.25, 0.3) is 0 Å².